The second-order valence-electron chi connectivity index (χ2n) is 4.02. The van der Waals surface area contributed by atoms with Gasteiger partial charge in [-0.3, -0.25) is 10.1 Å². The van der Waals surface area contributed by atoms with E-state index in [1.54, 1.807) is 24.5 Å². The van der Waals surface area contributed by atoms with Crippen LogP contribution in [0.1, 0.15) is 0 Å². The van der Waals surface area contributed by atoms with Crippen LogP contribution in [0, 0.1) is 0 Å². The summed E-state index contributed by atoms with van der Waals surface area (Å²) in [5, 5.41) is 16.4. The first-order valence-electron chi connectivity index (χ1n) is 5.66. The van der Waals surface area contributed by atoms with Gasteiger partial charge < -0.3 is 10.8 Å². The number of hydrogen-bond donors (Lipinski definition) is 3. The first-order chi connectivity index (χ1) is 9.24. The van der Waals surface area contributed by atoms with Crippen LogP contribution in [0.15, 0.2) is 42.7 Å². The van der Waals surface area contributed by atoms with Crippen LogP contribution in [0.25, 0.3) is 22.8 Å². The molecular weight excluding hydrogens is 242 g/mol. The number of aromatic amines is 1. The Balaban J connectivity index is 1.99. The number of hydrogen-bond acceptors (Lipinski definition) is 5. The number of phenols is 1. The predicted molar refractivity (Wildman–Crippen MR) is 71.1 cm³/mol. The van der Waals surface area contributed by atoms with E-state index in [1.165, 1.54) is 6.07 Å². The van der Waals surface area contributed by atoms with Crippen molar-refractivity contribution in [1.29, 1.82) is 0 Å². The van der Waals surface area contributed by atoms with Gasteiger partial charge in [0.1, 0.15) is 5.75 Å². The molecule has 0 aliphatic carbocycles. The molecule has 2 aromatic heterocycles. The molecule has 0 saturated heterocycles. The number of phenolic OH excluding ortho intramolecular Hbond substituents is 1. The Bertz CT molecular complexity index is 708. The minimum Gasteiger partial charge on any atom is -0.506 e. The SMILES string of the molecule is Nc1cc(-c2n[nH]c(-c3ccncc3)n2)ccc1O. The van der Waals surface area contributed by atoms with Crippen LogP contribution in [0.2, 0.25) is 0 Å². The lowest BCUT2D eigenvalue weighted by atomic mass is 10.2. The van der Waals surface area contributed by atoms with Gasteiger partial charge in [0.15, 0.2) is 11.6 Å². The number of benzene rings is 1. The second-order valence-corrected chi connectivity index (χ2v) is 4.02. The summed E-state index contributed by atoms with van der Waals surface area (Å²) >= 11 is 0. The first-order valence-corrected chi connectivity index (χ1v) is 5.66. The van der Waals surface area contributed by atoms with Crippen LogP contribution in [-0.2, 0) is 0 Å². The van der Waals surface area contributed by atoms with Crippen molar-refractivity contribution >= 4 is 5.69 Å². The molecule has 0 aliphatic rings. The highest BCUT2D eigenvalue weighted by molar-refractivity contribution is 5.67. The third kappa shape index (κ3) is 2.11. The van der Waals surface area contributed by atoms with Crippen LogP contribution in [-0.4, -0.2) is 25.3 Å². The zero-order valence-electron chi connectivity index (χ0n) is 9.91. The van der Waals surface area contributed by atoms with E-state index < -0.39 is 0 Å². The summed E-state index contributed by atoms with van der Waals surface area (Å²) in [7, 11) is 0. The monoisotopic (exact) mass is 253 g/mol. The summed E-state index contributed by atoms with van der Waals surface area (Å²) in [5.41, 5.74) is 7.60. The molecule has 2 heterocycles. The predicted octanol–water partition coefficient (Wildman–Crippen LogP) is 1.82. The molecule has 6 nitrogen and oxygen atoms in total. The largest absolute Gasteiger partial charge is 0.506 e. The number of nitrogens with zero attached hydrogens (tertiary/aromatic N) is 3. The molecule has 3 rings (SSSR count). The molecule has 0 atom stereocenters. The van der Waals surface area contributed by atoms with Crippen molar-refractivity contribution in [2.75, 3.05) is 5.73 Å². The number of aromatic hydroxyl groups is 1. The maximum absolute atomic E-state index is 9.39. The van der Waals surface area contributed by atoms with Gasteiger partial charge in [0.05, 0.1) is 5.69 Å². The number of nitrogen functional groups attached to an aromatic ring is 1. The molecule has 0 saturated carbocycles. The molecule has 94 valence electrons. The smallest absolute Gasteiger partial charge is 0.181 e. The first kappa shape index (κ1) is 11.2. The van der Waals surface area contributed by atoms with Gasteiger partial charge in [-0.25, -0.2) is 4.98 Å². The number of nitrogens with one attached hydrogen (secondary N) is 1. The van der Waals surface area contributed by atoms with Gasteiger partial charge in [-0.05, 0) is 30.3 Å². The minimum atomic E-state index is 0.0497. The molecule has 3 aromatic rings. The van der Waals surface area contributed by atoms with Crippen molar-refractivity contribution in [1.82, 2.24) is 20.2 Å². The van der Waals surface area contributed by atoms with E-state index in [2.05, 4.69) is 20.2 Å². The highest BCUT2D eigenvalue weighted by atomic mass is 16.3. The Morgan fingerprint density at radius 2 is 1.84 bits per heavy atom. The molecule has 1 aromatic carbocycles. The second kappa shape index (κ2) is 4.41. The number of aromatic nitrogens is 4. The maximum atomic E-state index is 9.39. The third-order valence-corrected chi connectivity index (χ3v) is 2.72. The maximum Gasteiger partial charge on any atom is 0.181 e. The van der Waals surface area contributed by atoms with Gasteiger partial charge in [-0.2, -0.15) is 5.10 Å². The zero-order chi connectivity index (χ0) is 13.2. The van der Waals surface area contributed by atoms with Gasteiger partial charge in [0, 0.05) is 23.5 Å². The van der Waals surface area contributed by atoms with Crippen molar-refractivity contribution in [3.05, 3.63) is 42.7 Å². The molecule has 0 fully saturated rings. The average Bonchev–Trinajstić information content (AvgIpc) is 2.93. The molecule has 0 unspecified atom stereocenters. The van der Waals surface area contributed by atoms with E-state index in [1.807, 2.05) is 12.1 Å². The van der Waals surface area contributed by atoms with E-state index in [0.29, 0.717) is 17.3 Å². The lowest BCUT2D eigenvalue weighted by Gasteiger charge is -2.00. The van der Waals surface area contributed by atoms with E-state index in [0.717, 1.165) is 11.1 Å². The quantitative estimate of drug-likeness (QED) is 0.477. The van der Waals surface area contributed by atoms with Crippen molar-refractivity contribution in [2.45, 2.75) is 0 Å². The van der Waals surface area contributed by atoms with Gasteiger partial charge in [-0.15, -0.1) is 0 Å². The van der Waals surface area contributed by atoms with Crippen LogP contribution in [0.4, 0.5) is 5.69 Å². The lowest BCUT2D eigenvalue weighted by Crippen LogP contribution is -1.88. The number of pyridine rings is 1. The number of anilines is 1. The molecule has 0 radical (unpaired) electrons. The summed E-state index contributed by atoms with van der Waals surface area (Å²) in [6, 6.07) is 8.55. The molecule has 0 amide bonds. The molecule has 0 spiro atoms. The van der Waals surface area contributed by atoms with Crippen molar-refractivity contribution < 1.29 is 5.11 Å². The van der Waals surface area contributed by atoms with E-state index in [-0.39, 0.29) is 5.75 Å². The molecular formula is C13H11N5O. The average molecular weight is 253 g/mol. The number of H-pyrrole nitrogens is 1. The Labute approximate surface area is 109 Å². The number of rotatable bonds is 2. The molecule has 19 heavy (non-hydrogen) atoms. The normalized spacial score (nSPS) is 10.5. The fourth-order valence-corrected chi connectivity index (χ4v) is 1.72. The molecule has 4 N–H and O–H groups in total. The minimum absolute atomic E-state index is 0.0497. The standard InChI is InChI=1S/C13H11N5O/c14-10-7-9(1-2-11(10)19)13-16-12(17-18-13)8-3-5-15-6-4-8/h1-7,19H,14H2,(H,16,17,18). The van der Waals surface area contributed by atoms with Gasteiger partial charge >= 0.3 is 0 Å². The fourth-order valence-electron chi connectivity index (χ4n) is 1.72. The van der Waals surface area contributed by atoms with E-state index >= 15 is 0 Å². The summed E-state index contributed by atoms with van der Waals surface area (Å²) < 4.78 is 0. The summed E-state index contributed by atoms with van der Waals surface area (Å²) in [4.78, 5) is 8.34. The summed E-state index contributed by atoms with van der Waals surface area (Å²) in [6.07, 6.45) is 3.38. The van der Waals surface area contributed by atoms with E-state index in [4.69, 9.17) is 5.73 Å². The Morgan fingerprint density at radius 3 is 2.58 bits per heavy atom. The third-order valence-electron chi connectivity index (χ3n) is 2.72. The van der Waals surface area contributed by atoms with Crippen LogP contribution >= 0.6 is 0 Å². The Kier molecular flexibility index (Phi) is 2.60. The van der Waals surface area contributed by atoms with Crippen LogP contribution in [0.3, 0.4) is 0 Å². The summed E-state index contributed by atoms with van der Waals surface area (Å²) in [6.45, 7) is 0. The zero-order valence-corrected chi connectivity index (χ0v) is 9.91. The van der Waals surface area contributed by atoms with Crippen LogP contribution < -0.4 is 5.73 Å². The highest BCUT2D eigenvalue weighted by Crippen LogP contribution is 2.26. The Morgan fingerprint density at radius 1 is 1.05 bits per heavy atom. The summed E-state index contributed by atoms with van der Waals surface area (Å²) in [5.74, 6) is 1.23. The molecule has 6 heteroatoms. The van der Waals surface area contributed by atoms with Gasteiger partial charge in [0.25, 0.3) is 0 Å². The lowest BCUT2D eigenvalue weighted by molar-refractivity contribution is 0.478. The Hall–Kier alpha value is -2.89. The fraction of sp³-hybridized carbons (Fsp3) is 0. The van der Waals surface area contributed by atoms with Gasteiger partial charge in [0.2, 0.25) is 0 Å². The van der Waals surface area contributed by atoms with Crippen LogP contribution in [0.5, 0.6) is 5.75 Å². The topological polar surface area (TPSA) is 101 Å². The van der Waals surface area contributed by atoms with Crippen molar-refractivity contribution in [3.8, 4) is 28.5 Å². The molecule has 0 aliphatic heterocycles. The highest BCUT2D eigenvalue weighted by Gasteiger charge is 2.09. The van der Waals surface area contributed by atoms with Gasteiger partial charge in [-0.1, -0.05) is 0 Å². The van der Waals surface area contributed by atoms with Crippen molar-refractivity contribution in [3.63, 3.8) is 0 Å². The molecule has 0 bridgehead atoms. The number of nitrogens with two attached hydrogens (primary N) is 1. The van der Waals surface area contributed by atoms with E-state index in [9.17, 15) is 5.11 Å². The van der Waals surface area contributed by atoms with Crippen molar-refractivity contribution in [2.24, 2.45) is 0 Å².